The lowest BCUT2D eigenvalue weighted by Gasteiger charge is -2.13. The van der Waals surface area contributed by atoms with Crippen LogP contribution in [-0.2, 0) is 9.84 Å². The van der Waals surface area contributed by atoms with Gasteiger partial charge in [0.05, 0.1) is 6.61 Å². The normalized spacial score (nSPS) is 14.8. The van der Waals surface area contributed by atoms with E-state index < -0.39 is 21.7 Å². The van der Waals surface area contributed by atoms with Crippen LogP contribution in [-0.4, -0.2) is 42.6 Å². The van der Waals surface area contributed by atoms with E-state index in [9.17, 15) is 8.42 Å². The SMILES string of the molecule is CS(=O)(=O)C(CO)C(=NO)c1ccccc1. The fraction of sp³-hybridized carbons (Fsp3) is 0.300. The Morgan fingerprint density at radius 3 is 2.31 bits per heavy atom. The van der Waals surface area contributed by atoms with Crippen LogP contribution in [0, 0.1) is 0 Å². The van der Waals surface area contributed by atoms with Gasteiger partial charge >= 0.3 is 0 Å². The Kier molecular flexibility index (Phi) is 4.03. The van der Waals surface area contributed by atoms with Crippen molar-refractivity contribution in [2.75, 3.05) is 12.9 Å². The summed E-state index contributed by atoms with van der Waals surface area (Å²) in [4.78, 5) is 0. The lowest BCUT2D eigenvalue weighted by atomic mass is 10.1. The number of rotatable bonds is 4. The molecule has 0 spiro atoms. The highest BCUT2D eigenvalue weighted by molar-refractivity contribution is 7.92. The first-order valence-electron chi connectivity index (χ1n) is 4.57. The van der Waals surface area contributed by atoms with Crippen LogP contribution in [0.5, 0.6) is 0 Å². The molecule has 2 N–H and O–H groups in total. The zero-order chi connectivity index (χ0) is 12.2. The second kappa shape index (κ2) is 5.09. The average molecular weight is 243 g/mol. The topological polar surface area (TPSA) is 87.0 Å². The number of sulfone groups is 1. The highest BCUT2D eigenvalue weighted by atomic mass is 32.2. The first-order valence-corrected chi connectivity index (χ1v) is 6.53. The van der Waals surface area contributed by atoms with E-state index in [0.29, 0.717) is 5.56 Å². The molecule has 0 aliphatic rings. The fourth-order valence-electron chi connectivity index (χ4n) is 1.34. The van der Waals surface area contributed by atoms with Crippen LogP contribution in [0.15, 0.2) is 35.5 Å². The quantitative estimate of drug-likeness (QED) is 0.451. The largest absolute Gasteiger partial charge is 0.411 e. The molecule has 0 fully saturated rings. The second-order valence-electron chi connectivity index (χ2n) is 3.35. The minimum Gasteiger partial charge on any atom is -0.411 e. The maximum Gasteiger partial charge on any atom is 0.158 e. The van der Waals surface area contributed by atoms with Crippen molar-refractivity contribution in [3.8, 4) is 0 Å². The molecule has 1 atom stereocenters. The molecular formula is C10H13NO4S. The van der Waals surface area contributed by atoms with E-state index in [1.807, 2.05) is 0 Å². The van der Waals surface area contributed by atoms with E-state index in [4.69, 9.17) is 10.3 Å². The lowest BCUT2D eigenvalue weighted by molar-refractivity contribution is 0.296. The van der Waals surface area contributed by atoms with Gasteiger partial charge in [-0.25, -0.2) is 8.42 Å². The smallest absolute Gasteiger partial charge is 0.158 e. The molecule has 1 rings (SSSR count). The van der Waals surface area contributed by atoms with E-state index in [1.165, 1.54) is 0 Å². The van der Waals surface area contributed by atoms with Crippen molar-refractivity contribution in [2.24, 2.45) is 5.16 Å². The first-order chi connectivity index (χ1) is 7.50. The fourth-order valence-corrected chi connectivity index (χ4v) is 2.20. The summed E-state index contributed by atoms with van der Waals surface area (Å²) >= 11 is 0. The maximum absolute atomic E-state index is 11.4. The standard InChI is InChI=1S/C10H13NO4S/c1-16(14,15)9(7-12)10(11-13)8-5-3-2-4-6-8/h2-6,9,12-13H,7H2,1H3. The van der Waals surface area contributed by atoms with Gasteiger partial charge in [-0.2, -0.15) is 0 Å². The molecule has 0 saturated heterocycles. The second-order valence-corrected chi connectivity index (χ2v) is 5.58. The molecule has 0 aromatic heterocycles. The van der Waals surface area contributed by atoms with Crippen molar-refractivity contribution in [1.82, 2.24) is 0 Å². The predicted molar refractivity (Wildman–Crippen MR) is 60.5 cm³/mol. The molecule has 0 aliphatic heterocycles. The van der Waals surface area contributed by atoms with Crippen LogP contribution >= 0.6 is 0 Å². The molecule has 0 heterocycles. The molecule has 5 nitrogen and oxygen atoms in total. The van der Waals surface area contributed by atoms with E-state index in [2.05, 4.69) is 5.16 Å². The average Bonchev–Trinajstić information content (AvgIpc) is 2.25. The molecule has 0 saturated carbocycles. The van der Waals surface area contributed by atoms with Crippen molar-refractivity contribution >= 4 is 15.5 Å². The Balaban J connectivity index is 3.19. The van der Waals surface area contributed by atoms with Gasteiger partial charge in [0, 0.05) is 11.8 Å². The summed E-state index contributed by atoms with van der Waals surface area (Å²) in [7, 11) is -3.52. The molecule has 6 heteroatoms. The number of nitrogens with zero attached hydrogens (tertiary/aromatic N) is 1. The molecule has 88 valence electrons. The Morgan fingerprint density at radius 1 is 1.38 bits per heavy atom. The lowest BCUT2D eigenvalue weighted by Crippen LogP contribution is -2.33. The van der Waals surface area contributed by atoms with E-state index >= 15 is 0 Å². The van der Waals surface area contributed by atoms with Crippen molar-refractivity contribution in [3.05, 3.63) is 35.9 Å². The van der Waals surface area contributed by atoms with E-state index in [-0.39, 0.29) is 5.71 Å². The van der Waals surface area contributed by atoms with Crippen LogP contribution in [0.2, 0.25) is 0 Å². The number of hydrogen-bond acceptors (Lipinski definition) is 5. The van der Waals surface area contributed by atoms with Gasteiger partial charge in [0.15, 0.2) is 9.84 Å². The summed E-state index contributed by atoms with van der Waals surface area (Å²) in [5.41, 5.74) is 0.417. The minimum absolute atomic E-state index is 0.0504. The minimum atomic E-state index is -3.52. The Morgan fingerprint density at radius 2 is 1.94 bits per heavy atom. The third-order valence-electron chi connectivity index (χ3n) is 2.16. The third-order valence-corrected chi connectivity index (χ3v) is 3.57. The molecule has 1 aromatic carbocycles. The highest BCUT2D eigenvalue weighted by Crippen LogP contribution is 2.10. The van der Waals surface area contributed by atoms with Crippen LogP contribution in [0.1, 0.15) is 5.56 Å². The van der Waals surface area contributed by atoms with E-state index in [1.54, 1.807) is 30.3 Å². The van der Waals surface area contributed by atoms with Crippen molar-refractivity contribution in [3.63, 3.8) is 0 Å². The van der Waals surface area contributed by atoms with Crippen LogP contribution in [0.3, 0.4) is 0 Å². The van der Waals surface area contributed by atoms with Gasteiger partial charge in [0.25, 0.3) is 0 Å². The highest BCUT2D eigenvalue weighted by Gasteiger charge is 2.27. The van der Waals surface area contributed by atoms with Gasteiger partial charge < -0.3 is 10.3 Å². The van der Waals surface area contributed by atoms with Crippen LogP contribution < -0.4 is 0 Å². The summed E-state index contributed by atoms with van der Waals surface area (Å²) in [6.45, 7) is -0.618. The summed E-state index contributed by atoms with van der Waals surface area (Å²) in [5.74, 6) is 0. The number of hydrogen-bond donors (Lipinski definition) is 2. The summed E-state index contributed by atoms with van der Waals surface area (Å²) in [5, 5.41) is 19.7. The molecule has 0 aliphatic carbocycles. The number of aliphatic hydroxyl groups excluding tert-OH is 1. The van der Waals surface area contributed by atoms with Crippen LogP contribution in [0.4, 0.5) is 0 Å². The van der Waals surface area contributed by atoms with Gasteiger partial charge in [0.2, 0.25) is 0 Å². The Bertz CT molecular complexity index is 467. The molecule has 16 heavy (non-hydrogen) atoms. The molecule has 0 bridgehead atoms. The van der Waals surface area contributed by atoms with Gasteiger partial charge in [-0.15, -0.1) is 0 Å². The summed E-state index contributed by atoms with van der Waals surface area (Å²) in [6.07, 6.45) is 0.988. The van der Waals surface area contributed by atoms with Crippen molar-refractivity contribution < 1.29 is 18.7 Å². The zero-order valence-corrected chi connectivity index (χ0v) is 9.55. The van der Waals surface area contributed by atoms with Crippen molar-refractivity contribution in [1.29, 1.82) is 0 Å². The summed E-state index contributed by atoms with van der Waals surface area (Å²) < 4.78 is 22.8. The Labute approximate surface area is 94.0 Å². The summed E-state index contributed by atoms with van der Waals surface area (Å²) in [6, 6.07) is 8.37. The van der Waals surface area contributed by atoms with Gasteiger partial charge in [-0.3, -0.25) is 0 Å². The number of benzene rings is 1. The van der Waals surface area contributed by atoms with Gasteiger partial charge in [-0.05, 0) is 0 Å². The Hall–Kier alpha value is -1.40. The molecule has 1 unspecified atom stereocenters. The van der Waals surface area contributed by atoms with Gasteiger partial charge in [0.1, 0.15) is 11.0 Å². The third kappa shape index (κ3) is 2.80. The molecule has 1 aromatic rings. The van der Waals surface area contributed by atoms with E-state index in [0.717, 1.165) is 6.26 Å². The molecular weight excluding hydrogens is 230 g/mol. The number of aliphatic hydroxyl groups is 1. The maximum atomic E-state index is 11.4. The molecule has 0 amide bonds. The van der Waals surface area contributed by atoms with Crippen molar-refractivity contribution in [2.45, 2.75) is 5.25 Å². The van der Waals surface area contributed by atoms with Gasteiger partial charge in [-0.1, -0.05) is 35.5 Å². The van der Waals surface area contributed by atoms with Crippen LogP contribution in [0.25, 0.3) is 0 Å². The monoisotopic (exact) mass is 243 g/mol. The predicted octanol–water partition coefficient (Wildman–Crippen LogP) is 0.270. The molecule has 0 radical (unpaired) electrons. The number of oxime groups is 1. The first kappa shape index (κ1) is 12.7. The zero-order valence-electron chi connectivity index (χ0n) is 8.74.